The number of rotatable bonds is 10. The Morgan fingerprint density at radius 1 is 1.05 bits per heavy atom. The molecule has 4 nitrogen and oxygen atoms in total. The van der Waals surface area contributed by atoms with Gasteiger partial charge in [-0.05, 0) is 24.1 Å². The van der Waals surface area contributed by atoms with Crippen LogP contribution in [0.1, 0.15) is 18.0 Å². The van der Waals surface area contributed by atoms with E-state index in [0.29, 0.717) is 0 Å². The Bertz CT molecular complexity index is 351. The molecule has 0 heterocycles. The second-order valence-corrected chi connectivity index (χ2v) is 5.21. The second-order valence-electron chi connectivity index (χ2n) is 4.77. The van der Waals surface area contributed by atoms with Crippen LogP contribution >= 0.6 is 11.6 Å². The summed E-state index contributed by atoms with van der Waals surface area (Å²) < 4.78 is 10.3. The van der Waals surface area contributed by atoms with Crippen LogP contribution in [0.15, 0.2) is 24.3 Å². The summed E-state index contributed by atoms with van der Waals surface area (Å²) in [7, 11) is 3.43. The number of ether oxygens (including phenoxy) is 2. The molecule has 0 aromatic heterocycles. The summed E-state index contributed by atoms with van der Waals surface area (Å²) in [4.78, 5) is 2.31. The monoisotopic (exact) mass is 300 g/mol. The number of methoxy groups -OCH3 is 2. The Labute approximate surface area is 126 Å². The molecule has 20 heavy (non-hydrogen) atoms. The van der Waals surface area contributed by atoms with E-state index < -0.39 is 0 Å². The highest BCUT2D eigenvalue weighted by molar-refractivity contribution is 6.30. The van der Waals surface area contributed by atoms with Crippen LogP contribution in [0.3, 0.4) is 0 Å². The molecule has 1 rings (SSSR count). The Balaban J connectivity index is 2.41. The van der Waals surface area contributed by atoms with Gasteiger partial charge in [0.2, 0.25) is 0 Å². The first-order valence-electron chi connectivity index (χ1n) is 6.88. The smallest absolute Gasteiger partial charge is 0.0589 e. The molecule has 0 bridgehead atoms. The van der Waals surface area contributed by atoms with Gasteiger partial charge in [-0.1, -0.05) is 23.7 Å². The van der Waals surface area contributed by atoms with Crippen LogP contribution < -0.4 is 5.73 Å². The first kappa shape index (κ1) is 17.4. The van der Waals surface area contributed by atoms with Crippen LogP contribution in [0.5, 0.6) is 0 Å². The van der Waals surface area contributed by atoms with Crippen molar-refractivity contribution < 1.29 is 9.47 Å². The minimum Gasteiger partial charge on any atom is -0.383 e. The second kappa shape index (κ2) is 10.1. The Morgan fingerprint density at radius 3 is 2.10 bits per heavy atom. The van der Waals surface area contributed by atoms with Gasteiger partial charge in [0.25, 0.3) is 0 Å². The number of hydrogen-bond donors (Lipinski definition) is 1. The minimum atomic E-state index is 0.0276. The van der Waals surface area contributed by atoms with E-state index in [0.717, 1.165) is 49.9 Å². The number of halogens is 1. The number of hydrogen-bond acceptors (Lipinski definition) is 4. The van der Waals surface area contributed by atoms with Gasteiger partial charge in [-0.3, -0.25) is 4.90 Å². The average molecular weight is 301 g/mol. The average Bonchev–Trinajstić information content (AvgIpc) is 2.47. The molecule has 1 aromatic rings. The SMILES string of the molecule is COCCN(CCOC)CCC(N)c1ccc(Cl)cc1. The van der Waals surface area contributed by atoms with Crippen LogP contribution in [-0.4, -0.2) is 52.0 Å². The Kier molecular flexibility index (Phi) is 8.82. The molecule has 0 spiro atoms. The molecule has 114 valence electrons. The summed E-state index contributed by atoms with van der Waals surface area (Å²) in [6.07, 6.45) is 0.898. The maximum absolute atomic E-state index is 6.22. The number of nitrogens with zero attached hydrogens (tertiary/aromatic N) is 1. The third-order valence-electron chi connectivity index (χ3n) is 3.28. The summed E-state index contributed by atoms with van der Waals surface area (Å²) in [5, 5.41) is 0.739. The first-order chi connectivity index (χ1) is 9.67. The first-order valence-corrected chi connectivity index (χ1v) is 7.26. The molecule has 1 aromatic carbocycles. The van der Waals surface area contributed by atoms with E-state index in [1.54, 1.807) is 14.2 Å². The van der Waals surface area contributed by atoms with Crippen molar-refractivity contribution in [3.8, 4) is 0 Å². The van der Waals surface area contributed by atoms with Gasteiger partial charge in [-0.25, -0.2) is 0 Å². The molecule has 0 saturated heterocycles. The van der Waals surface area contributed by atoms with Crippen molar-refractivity contribution in [2.75, 3.05) is 47.1 Å². The van der Waals surface area contributed by atoms with Crippen molar-refractivity contribution in [3.63, 3.8) is 0 Å². The maximum Gasteiger partial charge on any atom is 0.0589 e. The fraction of sp³-hybridized carbons (Fsp3) is 0.600. The largest absolute Gasteiger partial charge is 0.383 e. The topological polar surface area (TPSA) is 47.7 Å². The number of nitrogens with two attached hydrogens (primary N) is 1. The van der Waals surface area contributed by atoms with Crippen molar-refractivity contribution in [1.29, 1.82) is 0 Å². The molecular formula is C15H25ClN2O2. The molecule has 0 aliphatic heterocycles. The summed E-state index contributed by atoms with van der Waals surface area (Å²) >= 11 is 5.88. The van der Waals surface area contributed by atoms with Crippen molar-refractivity contribution >= 4 is 11.6 Å². The van der Waals surface area contributed by atoms with E-state index in [-0.39, 0.29) is 6.04 Å². The quantitative estimate of drug-likeness (QED) is 0.720. The maximum atomic E-state index is 6.22. The predicted octanol–water partition coefficient (Wildman–Crippen LogP) is 2.32. The van der Waals surface area contributed by atoms with Crippen molar-refractivity contribution in [2.24, 2.45) is 5.73 Å². The molecule has 0 aliphatic carbocycles. The lowest BCUT2D eigenvalue weighted by Gasteiger charge is -2.23. The number of benzene rings is 1. The van der Waals surface area contributed by atoms with E-state index in [9.17, 15) is 0 Å². The third-order valence-corrected chi connectivity index (χ3v) is 3.53. The standard InChI is InChI=1S/C15H25ClN2O2/c1-19-11-9-18(10-12-20-2)8-7-15(17)13-3-5-14(16)6-4-13/h3-6,15H,7-12,17H2,1-2H3. The van der Waals surface area contributed by atoms with E-state index >= 15 is 0 Å². The highest BCUT2D eigenvalue weighted by Crippen LogP contribution is 2.17. The summed E-state index contributed by atoms with van der Waals surface area (Å²) in [6, 6.07) is 7.76. The van der Waals surface area contributed by atoms with Gasteiger partial charge in [0.1, 0.15) is 0 Å². The molecule has 1 atom stereocenters. The van der Waals surface area contributed by atoms with E-state index in [1.807, 2.05) is 24.3 Å². The van der Waals surface area contributed by atoms with Crippen molar-refractivity contribution in [1.82, 2.24) is 4.90 Å². The molecular weight excluding hydrogens is 276 g/mol. The molecule has 0 saturated carbocycles. The lowest BCUT2D eigenvalue weighted by atomic mass is 10.0. The van der Waals surface area contributed by atoms with Crippen LogP contribution in [-0.2, 0) is 9.47 Å². The van der Waals surface area contributed by atoms with Crippen LogP contribution in [0, 0.1) is 0 Å². The van der Waals surface area contributed by atoms with Gasteiger partial charge in [0.05, 0.1) is 13.2 Å². The van der Waals surface area contributed by atoms with Crippen LogP contribution in [0.2, 0.25) is 5.02 Å². The van der Waals surface area contributed by atoms with E-state index in [1.165, 1.54) is 0 Å². The Morgan fingerprint density at radius 2 is 1.60 bits per heavy atom. The van der Waals surface area contributed by atoms with Crippen molar-refractivity contribution in [3.05, 3.63) is 34.9 Å². The molecule has 0 amide bonds. The zero-order chi connectivity index (χ0) is 14.8. The minimum absolute atomic E-state index is 0.0276. The van der Waals surface area contributed by atoms with Gasteiger partial charge in [-0.2, -0.15) is 0 Å². The Hall–Kier alpha value is -0.650. The fourth-order valence-corrected chi connectivity index (χ4v) is 2.10. The van der Waals surface area contributed by atoms with E-state index in [2.05, 4.69) is 4.90 Å². The third kappa shape index (κ3) is 6.68. The van der Waals surface area contributed by atoms with Crippen molar-refractivity contribution in [2.45, 2.75) is 12.5 Å². The lowest BCUT2D eigenvalue weighted by molar-refractivity contribution is 0.112. The van der Waals surface area contributed by atoms with Gasteiger partial charge in [0.15, 0.2) is 0 Å². The molecule has 0 radical (unpaired) electrons. The predicted molar refractivity (Wildman–Crippen MR) is 83.2 cm³/mol. The van der Waals surface area contributed by atoms with Crippen LogP contribution in [0.25, 0.3) is 0 Å². The normalized spacial score (nSPS) is 12.8. The summed E-state index contributed by atoms with van der Waals surface area (Å²) in [5.41, 5.74) is 7.34. The van der Waals surface area contributed by atoms with E-state index in [4.69, 9.17) is 26.8 Å². The highest BCUT2D eigenvalue weighted by atomic mass is 35.5. The zero-order valence-electron chi connectivity index (χ0n) is 12.3. The molecule has 5 heteroatoms. The molecule has 0 fully saturated rings. The highest BCUT2D eigenvalue weighted by Gasteiger charge is 2.10. The molecule has 0 aliphatic rings. The van der Waals surface area contributed by atoms with Crippen LogP contribution in [0.4, 0.5) is 0 Å². The van der Waals surface area contributed by atoms with Gasteiger partial charge in [0, 0.05) is 44.9 Å². The zero-order valence-corrected chi connectivity index (χ0v) is 13.1. The molecule has 2 N–H and O–H groups in total. The van der Waals surface area contributed by atoms with Gasteiger partial charge < -0.3 is 15.2 Å². The fourth-order valence-electron chi connectivity index (χ4n) is 1.97. The molecule has 1 unspecified atom stereocenters. The summed E-state index contributed by atoms with van der Waals surface area (Å²) in [5.74, 6) is 0. The lowest BCUT2D eigenvalue weighted by Crippen LogP contribution is -2.33. The summed E-state index contributed by atoms with van der Waals surface area (Å²) in [6.45, 7) is 4.16. The van der Waals surface area contributed by atoms with Gasteiger partial charge >= 0.3 is 0 Å². The van der Waals surface area contributed by atoms with Gasteiger partial charge in [-0.15, -0.1) is 0 Å².